The lowest BCUT2D eigenvalue weighted by atomic mass is 10.0. The largest absolute Gasteiger partial charge is 0.492 e. The smallest absolute Gasteiger partial charge is 0.178 e. The van der Waals surface area contributed by atoms with Crippen LogP contribution in [0.25, 0.3) is 0 Å². The highest BCUT2D eigenvalue weighted by Gasteiger charge is 2.35. The molecule has 2 heterocycles. The number of rotatable bonds is 4. The first-order valence-corrected chi connectivity index (χ1v) is 8.18. The highest BCUT2D eigenvalue weighted by atomic mass is 32.1. The van der Waals surface area contributed by atoms with Crippen LogP contribution >= 0.6 is 11.3 Å². The first kappa shape index (κ1) is 13.7. The lowest BCUT2D eigenvalue weighted by Crippen LogP contribution is -2.33. The highest BCUT2D eigenvalue weighted by Crippen LogP contribution is 2.48. The summed E-state index contributed by atoms with van der Waals surface area (Å²) in [6, 6.07) is 0. The van der Waals surface area contributed by atoms with Crippen molar-refractivity contribution in [3.05, 3.63) is 4.88 Å². The van der Waals surface area contributed by atoms with Gasteiger partial charge in [0.15, 0.2) is 11.5 Å². The van der Waals surface area contributed by atoms with Crippen LogP contribution in [0.3, 0.4) is 0 Å². The number of piperidine rings is 1. The molecule has 1 unspecified atom stereocenters. The van der Waals surface area contributed by atoms with Crippen molar-refractivity contribution in [1.82, 2.24) is 0 Å². The van der Waals surface area contributed by atoms with Crippen LogP contribution in [-0.2, 0) is 0 Å². The average molecular weight is 294 g/mol. The number of nitrogens with zero attached hydrogens (tertiary/aromatic N) is 1. The number of hydrogen-bond donors (Lipinski definition) is 1. The van der Waals surface area contributed by atoms with Gasteiger partial charge in [-0.1, -0.05) is 6.92 Å². The molecule has 1 aliphatic heterocycles. The lowest BCUT2D eigenvalue weighted by molar-refractivity contribution is 0.0972. The van der Waals surface area contributed by atoms with Crippen LogP contribution in [-0.4, -0.2) is 26.0 Å². The summed E-state index contributed by atoms with van der Waals surface area (Å²) in [7, 11) is 1.64. The number of nitrogen functional groups attached to an aromatic ring is 1. The predicted octanol–water partition coefficient (Wildman–Crippen LogP) is 3.17. The SMILES string of the molecule is COc1c(N2CCCC(C)C2)sc(C(=O)C2CC2)c1N. The number of nitrogens with two attached hydrogens (primary N) is 1. The average Bonchev–Trinajstić information content (AvgIpc) is 3.22. The van der Waals surface area contributed by atoms with E-state index in [9.17, 15) is 4.79 Å². The summed E-state index contributed by atoms with van der Waals surface area (Å²) >= 11 is 1.52. The minimum Gasteiger partial charge on any atom is -0.492 e. The van der Waals surface area contributed by atoms with E-state index in [1.54, 1.807) is 7.11 Å². The first-order valence-electron chi connectivity index (χ1n) is 7.37. The van der Waals surface area contributed by atoms with Gasteiger partial charge in [0.25, 0.3) is 0 Å². The van der Waals surface area contributed by atoms with E-state index in [1.807, 2.05) is 0 Å². The summed E-state index contributed by atoms with van der Waals surface area (Å²) in [4.78, 5) is 15.3. The quantitative estimate of drug-likeness (QED) is 0.867. The van der Waals surface area contributed by atoms with Gasteiger partial charge in [-0.05, 0) is 31.6 Å². The molecule has 1 aliphatic carbocycles. The predicted molar refractivity (Wildman–Crippen MR) is 82.9 cm³/mol. The fourth-order valence-electron chi connectivity index (χ4n) is 2.91. The van der Waals surface area contributed by atoms with Gasteiger partial charge in [-0.15, -0.1) is 11.3 Å². The molecule has 1 aromatic heterocycles. The van der Waals surface area contributed by atoms with E-state index in [0.717, 1.165) is 30.9 Å². The molecule has 1 aromatic rings. The molecule has 2 N–H and O–H groups in total. The topological polar surface area (TPSA) is 55.6 Å². The number of methoxy groups -OCH3 is 1. The maximum absolute atomic E-state index is 12.3. The number of ether oxygens (including phenoxy) is 1. The fourth-order valence-corrected chi connectivity index (χ4v) is 4.15. The molecule has 4 nitrogen and oxygen atoms in total. The molecular formula is C15H22N2O2S. The van der Waals surface area contributed by atoms with Crippen molar-refractivity contribution in [3.8, 4) is 5.75 Å². The van der Waals surface area contributed by atoms with Crippen LogP contribution in [0.2, 0.25) is 0 Å². The van der Waals surface area contributed by atoms with E-state index in [-0.39, 0.29) is 11.7 Å². The summed E-state index contributed by atoms with van der Waals surface area (Å²) in [5.41, 5.74) is 6.70. The number of hydrogen-bond acceptors (Lipinski definition) is 5. The zero-order valence-electron chi connectivity index (χ0n) is 12.1. The summed E-state index contributed by atoms with van der Waals surface area (Å²) in [6.45, 7) is 4.32. The van der Waals surface area contributed by atoms with Crippen LogP contribution in [0.15, 0.2) is 0 Å². The van der Waals surface area contributed by atoms with Gasteiger partial charge in [0.1, 0.15) is 5.00 Å². The second-order valence-corrected chi connectivity index (χ2v) is 7.01. The summed E-state index contributed by atoms with van der Waals surface area (Å²) in [5.74, 6) is 1.79. The molecule has 0 spiro atoms. The van der Waals surface area contributed by atoms with Crippen LogP contribution in [0.4, 0.5) is 10.7 Å². The Morgan fingerprint density at radius 1 is 1.40 bits per heavy atom. The van der Waals surface area contributed by atoms with Gasteiger partial charge in [-0.25, -0.2) is 0 Å². The standard InChI is InChI=1S/C15H22N2O2S/c1-9-4-3-7-17(8-9)15-13(19-2)11(16)14(20-15)12(18)10-5-6-10/h9-10H,3-8,16H2,1-2H3. The second kappa shape index (κ2) is 5.28. The number of ketones is 1. The normalized spacial score (nSPS) is 22.9. The number of carbonyl (C=O) groups excluding carboxylic acids is 1. The van der Waals surface area contributed by atoms with E-state index in [1.165, 1.54) is 24.2 Å². The van der Waals surface area contributed by atoms with Crippen LogP contribution in [0, 0.1) is 11.8 Å². The highest BCUT2D eigenvalue weighted by molar-refractivity contribution is 7.19. The van der Waals surface area contributed by atoms with Crippen molar-refractivity contribution in [2.75, 3.05) is 30.8 Å². The maximum atomic E-state index is 12.3. The van der Waals surface area contributed by atoms with E-state index in [2.05, 4.69) is 11.8 Å². The fraction of sp³-hybridized carbons (Fsp3) is 0.667. The van der Waals surface area contributed by atoms with Crippen LogP contribution < -0.4 is 15.4 Å². The molecule has 3 rings (SSSR count). The first-order chi connectivity index (χ1) is 9.61. The Morgan fingerprint density at radius 3 is 2.75 bits per heavy atom. The number of Topliss-reactive ketones (excluding diaryl/α,β-unsaturated/α-hetero) is 1. The Morgan fingerprint density at radius 2 is 2.15 bits per heavy atom. The van der Waals surface area contributed by atoms with Crippen LogP contribution in [0.1, 0.15) is 42.3 Å². The molecule has 5 heteroatoms. The Bertz CT molecular complexity index is 522. The van der Waals surface area contributed by atoms with Crippen molar-refractivity contribution >= 4 is 27.8 Å². The third-order valence-electron chi connectivity index (χ3n) is 4.20. The molecule has 110 valence electrons. The zero-order valence-corrected chi connectivity index (χ0v) is 13.0. The second-order valence-electron chi connectivity index (χ2n) is 6.02. The van der Waals surface area contributed by atoms with E-state index < -0.39 is 0 Å². The Balaban J connectivity index is 1.93. The lowest BCUT2D eigenvalue weighted by Gasteiger charge is -2.32. The molecule has 2 aliphatic rings. The number of carbonyl (C=O) groups is 1. The molecule has 2 fully saturated rings. The van der Waals surface area contributed by atoms with E-state index in [0.29, 0.717) is 22.2 Å². The van der Waals surface area contributed by atoms with Crippen molar-refractivity contribution in [2.45, 2.75) is 32.6 Å². The summed E-state index contributed by atoms with van der Waals surface area (Å²) in [5, 5.41) is 1.04. The molecule has 0 radical (unpaired) electrons. The Hall–Kier alpha value is -1.23. The van der Waals surface area contributed by atoms with Crippen molar-refractivity contribution in [3.63, 3.8) is 0 Å². The minimum absolute atomic E-state index is 0.203. The summed E-state index contributed by atoms with van der Waals surface area (Å²) in [6.07, 6.45) is 4.48. The van der Waals surface area contributed by atoms with Crippen molar-refractivity contribution in [2.24, 2.45) is 11.8 Å². The van der Waals surface area contributed by atoms with Crippen molar-refractivity contribution < 1.29 is 9.53 Å². The van der Waals surface area contributed by atoms with E-state index in [4.69, 9.17) is 10.5 Å². The molecule has 0 aromatic carbocycles. The van der Waals surface area contributed by atoms with E-state index >= 15 is 0 Å². The summed E-state index contributed by atoms with van der Waals surface area (Å²) < 4.78 is 5.49. The molecule has 0 amide bonds. The van der Waals surface area contributed by atoms with Gasteiger partial charge in [0.05, 0.1) is 17.7 Å². The number of anilines is 2. The molecular weight excluding hydrogens is 272 g/mol. The third-order valence-corrected chi connectivity index (χ3v) is 5.46. The van der Waals surface area contributed by atoms with Gasteiger partial charge in [-0.2, -0.15) is 0 Å². The van der Waals surface area contributed by atoms with Gasteiger partial charge in [-0.3, -0.25) is 4.79 Å². The van der Waals surface area contributed by atoms with Gasteiger partial charge in [0.2, 0.25) is 0 Å². The molecule has 1 saturated carbocycles. The molecule has 20 heavy (non-hydrogen) atoms. The minimum atomic E-state index is 0.203. The monoisotopic (exact) mass is 294 g/mol. The van der Waals surface area contributed by atoms with Gasteiger partial charge >= 0.3 is 0 Å². The molecule has 1 saturated heterocycles. The Kier molecular flexibility index (Phi) is 3.63. The number of thiophene rings is 1. The maximum Gasteiger partial charge on any atom is 0.178 e. The van der Waals surface area contributed by atoms with Gasteiger partial charge < -0.3 is 15.4 Å². The molecule has 1 atom stereocenters. The van der Waals surface area contributed by atoms with Crippen LogP contribution in [0.5, 0.6) is 5.75 Å². The Labute approximate surface area is 123 Å². The third kappa shape index (κ3) is 2.39. The van der Waals surface area contributed by atoms with Gasteiger partial charge in [0, 0.05) is 19.0 Å². The zero-order chi connectivity index (χ0) is 14.3. The van der Waals surface area contributed by atoms with Crippen molar-refractivity contribution in [1.29, 1.82) is 0 Å². The molecule has 0 bridgehead atoms.